The molecule has 0 aliphatic carbocycles. The number of imide groups is 1. The second kappa shape index (κ2) is 11.7. The van der Waals surface area contributed by atoms with E-state index in [2.05, 4.69) is 4.74 Å². The lowest BCUT2D eigenvalue weighted by molar-refractivity contribution is -0.148. The number of carbonyl (C=O) groups excluding carboxylic acids is 3. The van der Waals surface area contributed by atoms with Crippen LogP contribution >= 0.6 is 0 Å². The summed E-state index contributed by atoms with van der Waals surface area (Å²) < 4.78 is 20.3. The van der Waals surface area contributed by atoms with Crippen LogP contribution < -0.4 is 14.8 Å². The quantitative estimate of drug-likeness (QED) is 0.507. The standard InChI is InChI=1S/C17H23NO7/c1-3-22-13-8-5-6-9-14(13)24-11-7-10-16(20)25-12-15(19)18-17(21)23-4-2/h5-6,8-9H,3-4,7,10-12H2,1-2H3,(H,18,19,21). The maximum absolute atomic E-state index is 11.5. The Morgan fingerprint density at radius 1 is 0.960 bits per heavy atom. The minimum absolute atomic E-state index is 0.0868. The Kier molecular flexibility index (Phi) is 9.50. The smallest absolute Gasteiger partial charge is 0.413 e. The van der Waals surface area contributed by atoms with Gasteiger partial charge in [-0.05, 0) is 32.4 Å². The molecule has 0 saturated carbocycles. The van der Waals surface area contributed by atoms with Gasteiger partial charge in [0.2, 0.25) is 0 Å². The zero-order chi connectivity index (χ0) is 18.5. The maximum atomic E-state index is 11.5. The monoisotopic (exact) mass is 353 g/mol. The second-order valence-corrected chi connectivity index (χ2v) is 4.76. The molecule has 0 heterocycles. The number of hydrogen-bond donors (Lipinski definition) is 1. The SMILES string of the molecule is CCOC(=O)NC(=O)COC(=O)CCCOc1ccccc1OCC. The van der Waals surface area contributed by atoms with Crippen molar-refractivity contribution in [2.75, 3.05) is 26.4 Å². The predicted octanol–water partition coefficient (Wildman–Crippen LogP) is 2.06. The number of ether oxygens (including phenoxy) is 4. The van der Waals surface area contributed by atoms with E-state index in [1.165, 1.54) is 0 Å². The van der Waals surface area contributed by atoms with E-state index in [0.717, 1.165) is 0 Å². The number of rotatable bonds is 10. The van der Waals surface area contributed by atoms with Crippen molar-refractivity contribution in [2.45, 2.75) is 26.7 Å². The van der Waals surface area contributed by atoms with E-state index in [9.17, 15) is 14.4 Å². The van der Waals surface area contributed by atoms with E-state index in [0.29, 0.717) is 31.1 Å². The summed E-state index contributed by atoms with van der Waals surface area (Å²) in [7, 11) is 0. The van der Waals surface area contributed by atoms with E-state index in [-0.39, 0.29) is 13.0 Å². The van der Waals surface area contributed by atoms with Crippen molar-refractivity contribution < 1.29 is 33.3 Å². The Labute approximate surface area is 146 Å². The molecule has 1 N–H and O–H groups in total. The Balaban J connectivity index is 2.20. The van der Waals surface area contributed by atoms with E-state index >= 15 is 0 Å². The van der Waals surface area contributed by atoms with Gasteiger partial charge in [0.15, 0.2) is 18.1 Å². The largest absolute Gasteiger partial charge is 0.490 e. The van der Waals surface area contributed by atoms with Crippen molar-refractivity contribution in [1.82, 2.24) is 5.32 Å². The number of esters is 1. The van der Waals surface area contributed by atoms with Crippen molar-refractivity contribution in [3.63, 3.8) is 0 Å². The Bertz CT molecular complexity index is 574. The molecule has 0 spiro atoms. The van der Waals surface area contributed by atoms with Crippen LogP contribution in [0, 0.1) is 0 Å². The van der Waals surface area contributed by atoms with E-state index in [1.54, 1.807) is 19.1 Å². The van der Waals surface area contributed by atoms with Crippen LogP contribution in [0.3, 0.4) is 0 Å². The molecule has 0 aromatic heterocycles. The van der Waals surface area contributed by atoms with Crippen LogP contribution in [-0.2, 0) is 19.1 Å². The fourth-order valence-electron chi connectivity index (χ4n) is 1.78. The van der Waals surface area contributed by atoms with Crippen molar-refractivity contribution in [3.05, 3.63) is 24.3 Å². The van der Waals surface area contributed by atoms with Crippen molar-refractivity contribution >= 4 is 18.0 Å². The molecule has 1 rings (SSSR count). The Morgan fingerprint density at radius 3 is 2.28 bits per heavy atom. The number of amides is 2. The third-order valence-electron chi connectivity index (χ3n) is 2.81. The molecule has 138 valence electrons. The maximum Gasteiger partial charge on any atom is 0.413 e. The van der Waals surface area contributed by atoms with Gasteiger partial charge in [0.05, 0.1) is 19.8 Å². The molecule has 8 heteroatoms. The van der Waals surface area contributed by atoms with Crippen LogP contribution in [0.2, 0.25) is 0 Å². The Morgan fingerprint density at radius 2 is 1.64 bits per heavy atom. The first-order valence-electron chi connectivity index (χ1n) is 8.03. The summed E-state index contributed by atoms with van der Waals surface area (Å²) in [5.74, 6) is -0.0517. The highest BCUT2D eigenvalue weighted by Crippen LogP contribution is 2.26. The zero-order valence-corrected chi connectivity index (χ0v) is 14.4. The summed E-state index contributed by atoms with van der Waals surface area (Å²) in [4.78, 5) is 33.9. The number of alkyl carbamates (subject to hydrolysis) is 1. The zero-order valence-electron chi connectivity index (χ0n) is 14.4. The first-order valence-corrected chi connectivity index (χ1v) is 8.03. The first kappa shape index (κ1) is 20.3. The third kappa shape index (κ3) is 8.59. The van der Waals surface area contributed by atoms with E-state index in [1.807, 2.05) is 24.4 Å². The minimum atomic E-state index is -0.870. The molecule has 1 aromatic rings. The molecule has 0 saturated heterocycles. The summed E-state index contributed by atoms with van der Waals surface area (Å²) in [5, 5.41) is 1.93. The normalized spacial score (nSPS) is 9.84. The molecule has 0 aliphatic rings. The predicted molar refractivity (Wildman–Crippen MR) is 88.5 cm³/mol. The number of para-hydroxylation sites is 2. The van der Waals surface area contributed by atoms with Gasteiger partial charge in [0.25, 0.3) is 5.91 Å². The van der Waals surface area contributed by atoms with Crippen molar-refractivity contribution in [3.8, 4) is 11.5 Å². The van der Waals surface area contributed by atoms with Gasteiger partial charge in [-0.2, -0.15) is 0 Å². The molecule has 8 nitrogen and oxygen atoms in total. The fraction of sp³-hybridized carbons (Fsp3) is 0.471. The lowest BCUT2D eigenvalue weighted by atomic mass is 10.3. The molecule has 0 aliphatic heterocycles. The minimum Gasteiger partial charge on any atom is -0.490 e. The van der Waals surface area contributed by atoms with Gasteiger partial charge in [0.1, 0.15) is 0 Å². The summed E-state index contributed by atoms with van der Waals surface area (Å²) >= 11 is 0. The number of hydrogen-bond acceptors (Lipinski definition) is 7. The van der Waals surface area contributed by atoms with Gasteiger partial charge in [-0.25, -0.2) is 4.79 Å². The van der Waals surface area contributed by atoms with Gasteiger partial charge in [-0.1, -0.05) is 12.1 Å². The molecule has 0 fully saturated rings. The van der Waals surface area contributed by atoms with Gasteiger partial charge >= 0.3 is 12.1 Å². The number of benzene rings is 1. The second-order valence-electron chi connectivity index (χ2n) is 4.76. The first-order chi connectivity index (χ1) is 12.1. The highest BCUT2D eigenvalue weighted by Gasteiger charge is 2.11. The van der Waals surface area contributed by atoms with Crippen LogP contribution in [0.4, 0.5) is 4.79 Å². The van der Waals surface area contributed by atoms with Crippen molar-refractivity contribution in [2.24, 2.45) is 0 Å². The summed E-state index contributed by atoms with van der Waals surface area (Å²) in [6.07, 6.45) is -0.368. The lowest BCUT2D eigenvalue weighted by Crippen LogP contribution is -2.34. The van der Waals surface area contributed by atoms with Crippen LogP contribution in [0.1, 0.15) is 26.7 Å². The molecule has 0 radical (unpaired) electrons. The average Bonchev–Trinajstić information content (AvgIpc) is 2.58. The molecule has 25 heavy (non-hydrogen) atoms. The number of carbonyl (C=O) groups is 3. The number of nitrogens with one attached hydrogen (secondary N) is 1. The highest BCUT2D eigenvalue weighted by molar-refractivity contribution is 5.93. The van der Waals surface area contributed by atoms with Gasteiger partial charge in [-0.15, -0.1) is 0 Å². The summed E-state index contributed by atoms with van der Waals surface area (Å²) in [6.45, 7) is 3.93. The molecule has 1 aromatic carbocycles. The summed E-state index contributed by atoms with van der Waals surface area (Å²) in [6, 6.07) is 7.25. The lowest BCUT2D eigenvalue weighted by Gasteiger charge is -2.11. The van der Waals surface area contributed by atoms with Crippen LogP contribution in [0.15, 0.2) is 24.3 Å². The topological polar surface area (TPSA) is 100 Å². The van der Waals surface area contributed by atoms with Crippen LogP contribution in [-0.4, -0.2) is 44.4 Å². The average molecular weight is 353 g/mol. The fourth-order valence-corrected chi connectivity index (χ4v) is 1.78. The molecule has 0 atom stereocenters. The molecule has 0 unspecified atom stereocenters. The van der Waals surface area contributed by atoms with Crippen LogP contribution in [0.25, 0.3) is 0 Å². The van der Waals surface area contributed by atoms with E-state index in [4.69, 9.17) is 14.2 Å². The van der Waals surface area contributed by atoms with Gasteiger partial charge < -0.3 is 18.9 Å². The van der Waals surface area contributed by atoms with Gasteiger partial charge in [0, 0.05) is 6.42 Å². The molecular weight excluding hydrogens is 330 g/mol. The third-order valence-corrected chi connectivity index (χ3v) is 2.81. The highest BCUT2D eigenvalue weighted by atomic mass is 16.6. The van der Waals surface area contributed by atoms with Gasteiger partial charge in [-0.3, -0.25) is 14.9 Å². The van der Waals surface area contributed by atoms with Crippen molar-refractivity contribution in [1.29, 1.82) is 0 Å². The Hall–Kier alpha value is -2.77. The summed E-state index contributed by atoms with van der Waals surface area (Å²) in [5.41, 5.74) is 0. The molecule has 0 bridgehead atoms. The van der Waals surface area contributed by atoms with Crippen LogP contribution in [0.5, 0.6) is 11.5 Å². The van der Waals surface area contributed by atoms with E-state index < -0.39 is 24.6 Å². The molecule has 2 amide bonds. The molecular formula is C17H23NO7.